The van der Waals surface area contributed by atoms with Gasteiger partial charge in [0.25, 0.3) is 0 Å². The molecule has 2 atom stereocenters. The number of hydrogen-bond acceptors (Lipinski definition) is 3. The normalized spacial score (nSPS) is 25.6. The van der Waals surface area contributed by atoms with Gasteiger partial charge in [0.1, 0.15) is 0 Å². The van der Waals surface area contributed by atoms with Crippen LogP contribution in [0.25, 0.3) is 0 Å². The van der Waals surface area contributed by atoms with E-state index in [0.29, 0.717) is 23.2 Å². The Labute approximate surface area is 135 Å². The average molecular weight is 328 g/mol. The first-order valence-electron chi connectivity index (χ1n) is 7.34. The van der Waals surface area contributed by atoms with Crippen LogP contribution in [0, 0.1) is 5.92 Å². The average Bonchev–Trinajstić information content (AvgIpc) is 2.44. The van der Waals surface area contributed by atoms with Crippen LogP contribution in [0.3, 0.4) is 0 Å². The van der Waals surface area contributed by atoms with Crippen LogP contribution >= 0.6 is 23.4 Å². The Kier molecular flexibility index (Phi) is 5.97. The van der Waals surface area contributed by atoms with Crippen molar-refractivity contribution in [3.8, 4) is 0 Å². The zero-order chi connectivity index (χ0) is 15.3. The van der Waals surface area contributed by atoms with Crippen LogP contribution < -0.4 is 5.32 Å². The maximum absolute atomic E-state index is 11.9. The van der Waals surface area contributed by atoms with Crippen molar-refractivity contribution in [1.82, 2.24) is 5.32 Å². The number of carbonyl (C=O) groups excluding carboxylic acids is 1. The molecule has 2 N–H and O–H groups in total. The molecule has 0 spiro atoms. The van der Waals surface area contributed by atoms with Crippen LogP contribution in [-0.2, 0) is 4.79 Å². The summed E-state index contributed by atoms with van der Waals surface area (Å²) in [5.41, 5.74) is -0.724. The van der Waals surface area contributed by atoms with Gasteiger partial charge in [-0.1, -0.05) is 31.4 Å². The SMILES string of the molecule is CC1CCCC(O)(CNC(=O)CSc2ccc(Cl)cc2)C1. The minimum Gasteiger partial charge on any atom is -0.388 e. The molecule has 3 nitrogen and oxygen atoms in total. The Morgan fingerprint density at radius 2 is 2.19 bits per heavy atom. The van der Waals surface area contributed by atoms with E-state index in [1.807, 2.05) is 24.3 Å². The fourth-order valence-corrected chi connectivity index (χ4v) is 3.64. The van der Waals surface area contributed by atoms with Crippen molar-refractivity contribution in [1.29, 1.82) is 0 Å². The third-order valence-electron chi connectivity index (χ3n) is 3.87. The molecule has 0 radical (unpaired) electrons. The van der Waals surface area contributed by atoms with Gasteiger partial charge in [-0.05, 0) is 43.0 Å². The quantitative estimate of drug-likeness (QED) is 0.814. The molecule has 0 heterocycles. The Bertz CT molecular complexity index is 480. The van der Waals surface area contributed by atoms with Gasteiger partial charge in [-0.25, -0.2) is 0 Å². The number of aliphatic hydroxyl groups is 1. The molecule has 0 saturated heterocycles. The zero-order valence-corrected chi connectivity index (χ0v) is 13.8. The maximum Gasteiger partial charge on any atom is 0.230 e. The van der Waals surface area contributed by atoms with Gasteiger partial charge in [0.05, 0.1) is 11.4 Å². The minimum absolute atomic E-state index is 0.0402. The molecule has 1 aromatic carbocycles. The molecular weight excluding hydrogens is 306 g/mol. The van der Waals surface area contributed by atoms with E-state index in [-0.39, 0.29) is 5.91 Å². The summed E-state index contributed by atoms with van der Waals surface area (Å²) in [7, 11) is 0. The highest BCUT2D eigenvalue weighted by Gasteiger charge is 2.32. The third-order valence-corrected chi connectivity index (χ3v) is 5.13. The van der Waals surface area contributed by atoms with Crippen molar-refractivity contribution < 1.29 is 9.90 Å². The predicted molar refractivity (Wildman–Crippen MR) is 87.8 cm³/mol. The second-order valence-corrected chi connectivity index (χ2v) is 7.43. The lowest BCUT2D eigenvalue weighted by Crippen LogP contribution is -2.46. The van der Waals surface area contributed by atoms with Crippen molar-refractivity contribution >= 4 is 29.3 Å². The molecule has 2 rings (SSSR count). The number of hydrogen-bond donors (Lipinski definition) is 2. The molecule has 0 aromatic heterocycles. The maximum atomic E-state index is 11.9. The van der Waals surface area contributed by atoms with Gasteiger partial charge in [0, 0.05) is 16.5 Å². The topological polar surface area (TPSA) is 49.3 Å². The largest absolute Gasteiger partial charge is 0.388 e. The standard InChI is InChI=1S/C16H22ClNO2S/c1-12-3-2-8-16(20,9-12)11-18-15(19)10-21-14-6-4-13(17)5-7-14/h4-7,12,20H,2-3,8-11H2,1H3,(H,18,19). The Balaban J connectivity index is 1.73. The molecule has 1 aliphatic rings. The summed E-state index contributed by atoms with van der Waals surface area (Å²) in [6.07, 6.45) is 3.76. The molecule has 1 fully saturated rings. The van der Waals surface area contributed by atoms with Crippen LogP contribution in [0.1, 0.15) is 32.6 Å². The number of thioether (sulfide) groups is 1. The fraction of sp³-hybridized carbons (Fsp3) is 0.562. The lowest BCUT2D eigenvalue weighted by molar-refractivity contribution is -0.120. The van der Waals surface area contributed by atoms with Crippen LogP contribution in [0.4, 0.5) is 0 Å². The highest BCUT2D eigenvalue weighted by Crippen LogP contribution is 2.31. The van der Waals surface area contributed by atoms with Crippen molar-refractivity contribution in [2.75, 3.05) is 12.3 Å². The van der Waals surface area contributed by atoms with Crippen molar-refractivity contribution in [2.45, 2.75) is 43.1 Å². The van der Waals surface area contributed by atoms with Gasteiger partial charge < -0.3 is 10.4 Å². The lowest BCUT2D eigenvalue weighted by atomic mass is 9.79. The Morgan fingerprint density at radius 3 is 2.86 bits per heavy atom. The molecule has 1 aliphatic carbocycles. The van der Waals surface area contributed by atoms with E-state index >= 15 is 0 Å². The molecule has 1 amide bonds. The summed E-state index contributed by atoms with van der Waals surface area (Å²) in [5, 5.41) is 14.0. The highest BCUT2D eigenvalue weighted by molar-refractivity contribution is 8.00. The molecule has 2 unspecified atom stereocenters. The monoisotopic (exact) mass is 327 g/mol. The van der Waals surface area contributed by atoms with Crippen molar-refractivity contribution in [2.24, 2.45) is 5.92 Å². The van der Waals surface area contributed by atoms with E-state index in [9.17, 15) is 9.90 Å². The molecule has 1 aromatic rings. The van der Waals surface area contributed by atoms with Gasteiger partial charge in [0.15, 0.2) is 0 Å². The lowest BCUT2D eigenvalue weighted by Gasteiger charge is -2.35. The zero-order valence-electron chi connectivity index (χ0n) is 12.3. The van der Waals surface area contributed by atoms with Crippen LogP contribution in [0.5, 0.6) is 0 Å². The number of benzene rings is 1. The van der Waals surface area contributed by atoms with Crippen LogP contribution in [-0.4, -0.2) is 28.9 Å². The Hall–Kier alpha value is -0.710. The van der Waals surface area contributed by atoms with E-state index in [2.05, 4.69) is 12.2 Å². The highest BCUT2D eigenvalue weighted by atomic mass is 35.5. The number of rotatable bonds is 5. The van der Waals surface area contributed by atoms with Gasteiger partial charge >= 0.3 is 0 Å². The van der Waals surface area contributed by atoms with E-state index in [1.165, 1.54) is 18.2 Å². The minimum atomic E-state index is -0.724. The summed E-state index contributed by atoms with van der Waals surface area (Å²) in [6, 6.07) is 7.43. The molecular formula is C16H22ClNO2S. The predicted octanol–water partition coefficient (Wildman–Crippen LogP) is 3.49. The van der Waals surface area contributed by atoms with Gasteiger partial charge in [-0.3, -0.25) is 4.79 Å². The van der Waals surface area contributed by atoms with Gasteiger partial charge in [0.2, 0.25) is 5.91 Å². The molecule has 21 heavy (non-hydrogen) atoms. The van der Waals surface area contributed by atoms with Crippen molar-refractivity contribution in [3.05, 3.63) is 29.3 Å². The van der Waals surface area contributed by atoms with Crippen LogP contribution in [0.15, 0.2) is 29.2 Å². The smallest absolute Gasteiger partial charge is 0.230 e. The first kappa shape index (κ1) is 16.7. The summed E-state index contributed by atoms with van der Waals surface area (Å²) in [6.45, 7) is 2.51. The number of carbonyl (C=O) groups is 1. The summed E-state index contributed by atoms with van der Waals surface area (Å²) < 4.78 is 0. The molecule has 0 bridgehead atoms. The van der Waals surface area contributed by atoms with E-state index in [4.69, 9.17) is 11.6 Å². The number of amides is 1. The number of halogens is 1. The molecule has 0 aliphatic heterocycles. The Morgan fingerprint density at radius 1 is 1.48 bits per heavy atom. The fourth-order valence-electron chi connectivity index (χ4n) is 2.79. The summed E-state index contributed by atoms with van der Waals surface area (Å²) in [5.74, 6) is 0.846. The van der Waals surface area contributed by atoms with Crippen molar-refractivity contribution in [3.63, 3.8) is 0 Å². The molecule has 5 heteroatoms. The summed E-state index contributed by atoms with van der Waals surface area (Å²) in [4.78, 5) is 12.9. The molecule has 116 valence electrons. The van der Waals surface area contributed by atoms with Crippen LogP contribution in [0.2, 0.25) is 5.02 Å². The summed E-state index contributed by atoms with van der Waals surface area (Å²) >= 11 is 7.29. The van der Waals surface area contributed by atoms with E-state index in [1.54, 1.807) is 0 Å². The van der Waals surface area contributed by atoms with E-state index < -0.39 is 5.60 Å². The first-order chi connectivity index (χ1) is 9.97. The number of nitrogens with one attached hydrogen (secondary N) is 1. The van der Waals surface area contributed by atoms with Gasteiger partial charge in [-0.2, -0.15) is 0 Å². The second kappa shape index (κ2) is 7.52. The molecule has 1 saturated carbocycles. The third kappa shape index (κ3) is 5.53. The van der Waals surface area contributed by atoms with Gasteiger partial charge in [-0.15, -0.1) is 11.8 Å². The first-order valence-corrected chi connectivity index (χ1v) is 8.71. The second-order valence-electron chi connectivity index (χ2n) is 5.95. The van der Waals surface area contributed by atoms with E-state index in [0.717, 1.165) is 24.2 Å².